The van der Waals surface area contributed by atoms with E-state index in [9.17, 15) is 0 Å². The van der Waals surface area contributed by atoms with Crippen molar-refractivity contribution in [2.45, 2.75) is 13.5 Å². The highest BCUT2D eigenvalue weighted by molar-refractivity contribution is 5.42. The fraction of sp³-hybridized carbons (Fsp3) is 0.545. The molecule has 0 amide bonds. The van der Waals surface area contributed by atoms with Crippen LogP contribution in [0.5, 0.6) is 0 Å². The summed E-state index contributed by atoms with van der Waals surface area (Å²) in [6.45, 7) is 4.53. The van der Waals surface area contributed by atoms with E-state index >= 15 is 0 Å². The van der Waals surface area contributed by atoms with Crippen LogP contribution in [0, 0.1) is 0 Å². The number of hydrogen-bond donors (Lipinski definition) is 1. The van der Waals surface area contributed by atoms with Gasteiger partial charge in [-0.05, 0) is 13.0 Å². The van der Waals surface area contributed by atoms with Crippen LogP contribution in [0.3, 0.4) is 0 Å². The van der Waals surface area contributed by atoms with Crippen LogP contribution in [0.1, 0.15) is 12.5 Å². The molecule has 0 bridgehead atoms. The van der Waals surface area contributed by atoms with Crippen molar-refractivity contribution >= 4 is 5.82 Å². The summed E-state index contributed by atoms with van der Waals surface area (Å²) in [4.78, 5) is 4.19. The van der Waals surface area contributed by atoms with Crippen LogP contribution >= 0.6 is 0 Å². The van der Waals surface area contributed by atoms with E-state index in [4.69, 9.17) is 9.47 Å². The number of nitrogens with one attached hydrogen (secondary N) is 1. The molecule has 1 aromatic rings. The number of aromatic nitrogens is 1. The minimum Gasteiger partial charge on any atom is -0.379 e. The third-order valence-corrected chi connectivity index (χ3v) is 1.96. The van der Waals surface area contributed by atoms with Crippen molar-refractivity contribution in [3.63, 3.8) is 0 Å². The highest BCUT2D eigenvalue weighted by Gasteiger charge is 2.00. The van der Waals surface area contributed by atoms with Crippen molar-refractivity contribution in [1.82, 2.24) is 4.98 Å². The quantitative estimate of drug-likeness (QED) is 0.695. The normalized spacial score (nSPS) is 10.3. The SMILES string of the molecule is CCOCCOCc1cccnc1NC. The van der Waals surface area contributed by atoms with Gasteiger partial charge in [-0.1, -0.05) is 6.07 Å². The first-order valence-corrected chi connectivity index (χ1v) is 5.15. The summed E-state index contributed by atoms with van der Waals surface area (Å²) < 4.78 is 10.6. The fourth-order valence-corrected chi connectivity index (χ4v) is 1.22. The first-order valence-electron chi connectivity index (χ1n) is 5.15. The molecule has 1 rings (SSSR count). The maximum absolute atomic E-state index is 5.46. The van der Waals surface area contributed by atoms with Crippen molar-refractivity contribution in [2.75, 3.05) is 32.2 Å². The number of hydrogen-bond acceptors (Lipinski definition) is 4. The van der Waals surface area contributed by atoms with Gasteiger partial charge in [-0.25, -0.2) is 4.98 Å². The number of anilines is 1. The molecule has 0 aliphatic rings. The molecule has 4 heteroatoms. The summed E-state index contributed by atoms with van der Waals surface area (Å²) in [6, 6.07) is 3.90. The average molecular weight is 210 g/mol. The molecular formula is C11H18N2O2. The molecule has 0 saturated carbocycles. The summed E-state index contributed by atoms with van der Waals surface area (Å²) in [5.41, 5.74) is 1.07. The van der Waals surface area contributed by atoms with E-state index in [1.807, 2.05) is 26.1 Å². The summed E-state index contributed by atoms with van der Waals surface area (Å²) in [7, 11) is 1.85. The molecule has 0 aliphatic carbocycles. The molecule has 0 saturated heterocycles. The monoisotopic (exact) mass is 210 g/mol. The zero-order valence-corrected chi connectivity index (χ0v) is 9.32. The lowest BCUT2D eigenvalue weighted by atomic mass is 10.3. The lowest BCUT2D eigenvalue weighted by Gasteiger charge is -2.08. The second-order valence-corrected chi connectivity index (χ2v) is 3.01. The molecule has 0 radical (unpaired) electrons. The minimum absolute atomic E-state index is 0.567. The molecule has 1 aromatic heterocycles. The first kappa shape index (κ1) is 11.9. The Labute approximate surface area is 90.6 Å². The fourth-order valence-electron chi connectivity index (χ4n) is 1.22. The molecule has 1 N–H and O–H groups in total. The summed E-state index contributed by atoms with van der Waals surface area (Å²) in [5, 5.41) is 3.03. The number of pyridine rings is 1. The smallest absolute Gasteiger partial charge is 0.131 e. The Hall–Kier alpha value is -1.13. The van der Waals surface area contributed by atoms with E-state index in [2.05, 4.69) is 10.3 Å². The van der Waals surface area contributed by atoms with Crippen LogP contribution in [0.4, 0.5) is 5.82 Å². The number of ether oxygens (including phenoxy) is 2. The van der Waals surface area contributed by atoms with E-state index in [0.29, 0.717) is 19.8 Å². The largest absolute Gasteiger partial charge is 0.379 e. The van der Waals surface area contributed by atoms with Crippen LogP contribution in [0.25, 0.3) is 0 Å². The number of rotatable bonds is 7. The zero-order valence-electron chi connectivity index (χ0n) is 9.32. The Bertz CT molecular complexity index is 279. The van der Waals surface area contributed by atoms with Gasteiger partial charge < -0.3 is 14.8 Å². The molecule has 0 fully saturated rings. The maximum atomic E-state index is 5.46. The zero-order chi connectivity index (χ0) is 10.9. The van der Waals surface area contributed by atoms with Crippen molar-refractivity contribution < 1.29 is 9.47 Å². The van der Waals surface area contributed by atoms with Crippen LogP contribution in [0.2, 0.25) is 0 Å². The van der Waals surface area contributed by atoms with Gasteiger partial charge in [0.05, 0.1) is 19.8 Å². The predicted molar refractivity (Wildman–Crippen MR) is 59.9 cm³/mol. The Morgan fingerprint density at radius 1 is 1.33 bits per heavy atom. The third kappa shape index (κ3) is 4.27. The van der Waals surface area contributed by atoms with Gasteiger partial charge in [0.2, 0.25) is 0 Å². The Kier molecular flexibility index (Phi) is 5.73. The van der Waals surface area contributed by atoms with Gasteiger partial charge in [0.1, 0.15) is 5.82 Å². The van der Waals surface area contributed by atoms with E-state index in [0.717, 1.165) is 18.0 Å². The molecule has 0 aromatic carbocycles. The Morgan fingerprint density at radius 3 is 2.87 bits per heavy atom. The molecule has 4 nitrogen and oxygen atoms in total. The molecule has 0 spiro atoms. The van der Waals surface area contributed by atoms with Crippen LogP contribution in [-0.2, 0) is 16.1 Å². The first-order chi connectivity index (χ1) is 7.38. The van der Waals surface area contributed by atoms with Crippen LogP contribution < -0.4 is 5.32 Å². The molecule has 1 heterocycles. The van der Waals surface area contributed by atoms with E-state index < -0.39 is 0 Å². The summed E-state index contributed by atoms with van der Waals surface area (Å²) in [6.07, 6.45) is 1.76. The van der Waals surface area contributed by atoms with Gasteiger partial charge in [-0.3, -0.25) is 0 Å². The number of nitrogens with zero attached hydrogens (tertiary/aromatic N) is 1. The second kappa shape index (κ2) is 7.20. The van der Waals surface area contributed by atoms with Crippen molar-refractivity contribution in [3.8, 4) is 0 Å². The predicted octanol–water partition coefficient (Wildman–Crippen LogP) is 1.68. The lowest BCUT2D eigenvalue weighted by molar-refractivity contribution is 0.0454. The van der Waals surface area contributed by atoms with Crippen molar-refractivity contribution in [3.05, 3.63) is 23.9 Å². The topological polar surface area (TPSA) is 43.4 Å². The molecule has 84 valence electrons. The summed E-state index contributed by atoms with van der Waals surface area (Å²) >= 11 is 0. The molecule has 0 atom stereocenters. The highest BCUT2D eigenvalue weighted by Crippen LogP contribution is 2.11. The van der Waals surface area contributed by atoms with Gasteiger partial charge in [0.25, 0.3) is 0 Å². The third-order valence-electron chi connectivity index (χ3n) is 1.96. The lowest BCUT2D eigenvalue weighted by Crippen LogP contribution is -2.05. The van der Waals surface area contributed by atoms with Crippen LogP contribution in [-0.4, -0.2) is 31.9 Å². The van der Waals surface area contributed by atoms with E-state index in [1.54, 1.807) is 6.20 Å². The Balaban J connectivity index is 2.30. The maximum Gasteiger partial charge on any atom is 0.131 e. The second-order valence-electron chi connectivity index (χ2n) is 3.01. The van der Waals surface area contributed by atoms with Crippen LogP contribution in [0.15, 0.2) is 18.3 Å². The molecule has 15 heavy (non-hydrogen) atoms. The van der Waals surface area contributed by atoms with E-state index in [-0.39, 0.29) is 0 Å². The Morgan fingerprint density at radius 2 is 2.13 bits per heavy atom. The molecule has 0 unspecified atom stereocenters. The highest BCUT2D eigenvalue weighted by atomic mass is 16.5. The van der Waals surface area contributed by atoms with Gasteiger partial charge in [0.15, 0.2) is 0 Å². The summed E-state index contributed by atoms with van der Waals surface area (Å²) in [5.74, 6) is 0.869. The van der Waals surface area contributed by atoms with E-state index in [1.165, 1.54) is 0 Å². The average Bonchev–Trinajstić information content (AvgIpc) is 2.29. The van der Waals surface area contributed by atoms with Gasteiger partial charge in [0, 0.05) is 25.4 Å². The van der Waals surface area contributed by atoms with Crippen molar-refractivity contribution in [2.24, 2.45) is 0 Å². The van der Waals surface area contributed by atoms with Gasteiger partial charge in [-0.15, -0.1) is 0 Å². The standard InChI is InChI=1S/C11H18N2O2/c1-3-14-7-8-15-9-10-5-4-6-13-11(10)12-2/h4-6H,3,7-9H2,1-2H3,(H,12,13). The molecule has 0 aliphatic heterocycles. The minimum atomic E-state index is 0.567. The van der Waals surface area contributed by atoms with Gasteiger partial charge in [-0.2, -0.15) is 0 Å². The molecular weight excluding hydrogens is 192 g/mol. The van der Waals surface area contributed by atoms with Crippen molar-refractivity contribution in [1.29, 1.82) is 0 Å². The van der Waals surface area contributed by atoms with Gasteiger partial charge >= 0.3 is 0 Å².